The third-order valence-corrected chi connectivity index (χ3v) is 3.32. The molecular weight excluding hydrogens is 250 g/mol. The molecule has 0 aliphatic carbocycles. The first kappa shape index (κ1) is 14.3. The first-order valence-electron chi connectivity index (χ1n) is 6.64. The monoisotopic (exact) mass is 269 g/mol. The summed E-state index contributed by atoms with van der Waals surface area (Å²) >= 11 is 0. The van der Waals surface area contributed by atoms with Gasteiger partial charge < -0.3 is 10.1 Å². The van der Waals surface area contributed by atoms with Crippen LogP contribution >= 0.6 is 0 Å². The van der Waals surface area contributed by atoms with Gasteiger partial charge in [0.15, 0.2) is 5.78 Å². The number of Topliss-reactive ketones (excluding diaryl/α,β-unsaturated/α-hetero) is 1. The molecular formula is C17H19NO2. The highest BCUT2D eigenvalue weighted by Crippen LogP contribution is 2.14. The van der Waals surface area contributed by atoms with Crippen molar-refractivity contribution in [3.8, 4) is 5.75 Å². The van der Waals surface area contributed by atoms with E-state index in [2.05, 4.69) is 5.32 Å². The van der Waals surface area contributed by atoms with Crippen LogP contribution in [0.5, 0.6) is 5.75 Å². The van der Waals surface area contributed by atoms with Crippen LogP contribution in [-0.4, -0.2) is 26.0 Å². The summed E-state index contributed by atoms with van der Waals surface area (Å²) in [4.78, 5) is 12.5. The molecule has 1 atom stereocenters. The maximum atomic E-state index is 12.5. The van der Waals surface area contributed by atoms with Crippen LogP contribution in [-0.2, 0) is 6.42 Å². The Bertz CT molecular complexity index is 549. The van der Waals surface area contributed by atoms with Crippen molar-refractivity contribution in [3.05, 3.63) is 65.7 Å². The van der Waals surface area contributed by atoms with Crippen LogP contribution in [0.3, 0.4) is 0 Å². The van der Waals surface area contributed by atoms with E-state index in [1.54, 1.807) is 19.2 Å². The minimum Gasteiger partial charge on any atom is -0.497 e. The largest absolute Gasteiger partial charge is 0.497 e. The van der Waals surface area contributed by atoms with Gasteiger partial charge in [0.25, 0.3) is 0 Å². The van der Waals surface area contributed by atoms with Gasteiger partial charge in [0.2, 0.25) is 0 Å². The highest BCUT2D eigenvalue weighted by molar-refractivity contribution is 6.00. The molecule has 2 aromatic carbocycles. The van der Waals surface area contributed by atoms with Crippen molar-refractivity contribution in [2.75, 3.05) is 14.2 Å². The number of rotatable bonds is 6. The fourth-order valence-electron chi connectivity index (χ4n) is 2.13. The van der Waals surface area contributed by atoms with E-state index in [1.807, 2.05) is 49.5 Å². The zero-order valence-corrected chi connectivity index (χ0v) is 11.8. The molecule has 0 fully saturated rings. The normalized spacial score (nSPS) is 11.9. The van der Waals surface area contributed by atoms with Crippen LogP contribution in [0.15, 0.2) is 54.6 Å². The van der Waals surface area contributed by atoms with Gasteiger partial charge in [-0.2, -0.15) is 0 Å². The number of ketones is 1. The minimum atomic E-state index is -0.217. The molecule has 0 spiro atoms. The lowest BCUT2D eigenvalue weighted by Crippen LogP contribution is -2.36. The number of likely N-dealkylation sites (N-methyl/N-ethyl adjacent to an activating group) is 1. The number of hydrogen-bond donors (Lipinski definition) is 1. The van der Waals surface area contributed by atoms with Gasteiger partial charge in [-0.1, -0.05) is 30.3 Å². The Morgan fingerprint density at radius 2 is 1.75 bits per heavy atom. The Balaban J connectivity index is 2.12. The SMILES string of the molecule is CNC(Cc1ccccc1)C(=O)c1ccc(OC)cc1. The van der Waals surface area contributed by atoms with E-state index in [0.717, 1.165) is 11.3 Å². The van der Waals surface area contributed by atoms with Crippen molar-refractivity contribution in [2.45, 2.75) is 12.5 Å². The molecule has 0 heterocycles. The number of carbonyl (C=O) groups is 1. The maximum Gasteiger partial charge on any atom is 0.180 e. The topological polar surface area (TPSA) is 38.3 Å². The molecule has 3 heteroatoms. The third kappa shape index (κ3) is 3.45. The number of nitrogens with one attached hydrogen (secondary N) is 1. The molecule has 0 bridgehead atoms. The fraction of sp³-hybridized carbons (Fsp3) is 0.235. The van der Waals surface area contributed by atoms with Crippen LogP contribution in [0, 0.1) is 0 Å². The van der Waals surface area contributed by atoms with Gasteiger partial charge in [-0.25, -0.2) is 0 Å². The Morgan fingerprint density at radius 1 is 1.10 bits per heavy atom. The van der Waals surface area contributed by atoms with Crippen LogP contribution in [0.2, 0.25) is 0 Å². The second kappa shape index (κ2) is 6.87. The van der Waals surface area contributed by atoms with E-state index >= 15 is 0 Å². The molecule has 0 aliphatic heterocycles. The average molecular weight is 269 g/mol. The molecule has 104 valence electrons. The first-order valence-corrected chi connectivity index (χ1v) is 6.64. The zero-order valence-electron chi connectivity index (χ0n) is 11.8. The van der Waals surface area contributed by atoms with Gasteiger partial charge in [0, 0.05) is 5.56 Å². The predicted molar refractivity (Wildman–Crippen MR) is 80.3 cm³/mol. The number of hydrogen-bond acceptors (Lipinski definition) is 3. The van der Waals surface area contributed by atoms with E-state index in [0.29, 0.717) is 12.0 Å². The molecule has 0 saturated heterocycles. The molecule has 20 heavy (non-hydrogen) atoms. The zero-order chi connectivity index (χ0) is 14.4. The highest BCUT2D eigenvalue weighted by Gasteiger charge is 2.18. The van der Waals surface area contributed by atoms with Gasteiger partial charge in [0.05, 0.1) is 13.2 Å². The predicted octanol–water partition coefficient (Wildman–Crippen LogP) is 2.71. The molecule has 2 aromatic rings. The lowest BCUT2D eigenvalue weighted by atomic mass is 9.98. The molecule has 0 aromatic heterocycles. The van der Waals surface area contributed by atoms with Gasteiger partial charge in [-0.15, -0.1) is 0 Å². The summed E-state index contributed by atoms with van der Waals surface area (Å²) in [6, 6.07) is 17.0. The van der Waals surface area contributed by atoms with Gasteiger partial charge in [-0.05, 0) is 43.3 Å². The van der Waals surface area contributed by atoms with Crippen molar-refractivity contribution >= 4 is 5.78 Å². The number of methoxy groups -OCH3 is 1. The van der Waals surface area contributed by atoms with Crippen LogP contribution in [0.25, 0.3) is 0 Å². The molecule has 0 saturated carbocycles. The van der Waals surface area contributed by atoms with Crippen LogP contribution in [0.1, 0.15) is 15.9 Å². The number of ether oxygens (including phenoxy) is 1. The van der Waals surface area contributed by atoms with Crippen molar-refractivity contribution < 1.29 is 9.53 Å². The Hall–Kier alpha value is -2.13. The highest BCUT2D eigenvalue weighted by atomic mass is 16.5. The summed E-state index contributed by atoms with van der Waals surface area (Å²) in [6.45, 7) is 0. The second-order valence-electron chi connectivity index (χ2n) is 4.62. The summed E-state index contributed by atoms with van der Waals surface area (Å²) in [5.41, 5.74) is 1.84. The van der Waals surface area contributed by atoms with Crippen LogP contribution < -0.4 is 10.1 Å². The average Bonchev–Trinajstić information content (AvgIpc) is 2.53. The smallest absolute Gasteiger partial charge is 0.180 e. The van der Waals surface area contributed by atoms with Crippen molar-refractivity contribution in [1.82, 2.24) is 5.32 Å². The quantitative estimate of drug-likeness (QED) is 0.819. The van der Waals surface area contributed by atoms with E-state index in [1.165, 1.54) is 0 Å². The first-order chi connectivity index (χ1) is 9.74. The Morgan fingerprint density at radius 3 is 2.30 bits per heavy atom. The van der Waals surface area contributed by atoms with E-state index in [4.69, 9.17) is 4.74 Å². The number of benzene rings is 2. The summed E-state index contributed by atoms with van der Waals surface area (Å²) < 4.78 is 5.10. The molecule has 2 rings (SSSR count). The van der Waals surface area contributed by atoms with Crippen molar-refractivity contribution in [1.29, 1.82) is 0 Å². The molecule has 1 unspecified atom stereocenters. The lowest BCUT2D eigenvalue weighted by molar-refractivity contribution is 0.0946. The molecule has 3 nitrogen and oxygen atoms in total. The lowest BCUT2D eigenvalue weighted by Gasteiger charge is -2.15. The Kier molecular flexibility index (Phi) is 4.91. The van der Waals surface area contributed by atoms with Gasteiger partial charge >= 0.3 is 0 Å². The van der Waals surface area contributed by atoms with E-state index < -0.39 is 0 Å². The minimum absolute atomic E-state index is 0.0963. The second-order valence-corrected chi connectivity index (χ2v) is 4.62. The summed E-state index contributed by atoms with van der Waals surface area (Å²) in [6.07, 6.45) is 0.683. The van der Waals surface area contributed by atoms with Crippen LogP contribution in [0.4, 0.5) is 0 Å². The maximum absolute atomic E-state index is 12.5. The summed E-state index contributed by atoms with van der Waals surface area (Å²) in [7, 11) is 3.43. The van der Waals surface area contributed by atoms with Gasteiger partial charge in [0.1, 0.15) is 5.75 Å². The molecule has 0 aliphatic rings. The van der Waals surface area contributed by atoms with E-state index in [-0.39, 0.29) is 11.8 Å². The molecule has 0 amide bonds. The Labute approximate surface area is 119 Å². The van der Waals surface area contributed by atoms with Gasteiger partial charge in [-0.3, -0.25) is 4.79 Å². The third-order valence-electron chi connectivity index (χ3n) is 3.32. The standard InChI is InChI=1S/C17H19NO2/c1-18-16(12-13-6-4-3-5-7-13)17(19)14-8-10-15(20-2)11-9-14/h3-11,16,18H,12H2,1-2H3. The van der Waals surface area contributed by atoms with E-state index in [9.17, 15) is 4.79 Å². The summed E-state index contributed by atoms with van der Waals surface area (Å²) in [5.74, 6) is 0.852. The fourth-order valence-corrected chi connectivity index (χ4v) is 2.13. The summed E-state index contributed by atoms with van der Waals surface area (Å²) in [5, 5.41) is 3.10. The van der Waals surface area contributed by atoms with Crippen molar-refractivity contribution in [2.24, 2.45) is 0 Å². The number of carbonyl (C=O) groups excluding carboxylic acids is 1. The molecule has 0 radical (unpaired) electrons. The molecule has 1 N–H and O–H groups in total. The van der Waals surface area contributed by atoms with Crippen molar-refractivity contribution in [3.63, 3.8) is 0 Å².